The lowest BCUT2D eigenvalue weighted by Crippen LogP contribution is -2.51. The molecule has 0 aromatic heterocycles. The van der Waals surface area contributed by atoms with Gasteiger partial charge in [-0.1, -0.05) is 59.9 Å². The first-order chi connectivity index (χ1) is 14.2. The minimum atomic E-state index is -0.679. The molecule has 0 saturated carbocycles. The first-order valence-electron chi connectivity index (χ1n) is 9.64. The highest BCUT2D eigenvalue weighted by molar-refractivity contribution is 6.35. The van der Waals surface area contributed by atoms with E-state index in [2.05, 4.69) is 5.32 Å². The predicted molar refractivity (Wildman–Crippen MR) is 121 cm³/mol. The number of hydrogen-bond donors (Lipinski definition) is 1. The maximum absolute atomic E-state index is 13.1. The smallest absolute Gasteiger partial charge is 0.261 e. The van der Waals surface area contributed by atoms with Crippen LogP contribution in [0.2, 0.25) is 15.1 Å². The number of nitrogens with one attached hydrogen (secondary N) is 1. The van der Waals surface area contributed by atoms with Crippen LogP contribution >= 0.6 is 34.8 Å². The Hall–Kier alpha value is -1.95. The summed E-state index contributed by atoms with van der Waals surface area (Å²) in [5, 5.41) is 4.19. The van der Waals surface area contributed by atoms with Crippen LogP contribution in [0.3, 0.4) is 0 Å². The van der Waals surface area contributed by atoms with E-state index in [9.17, 15) is 9.59 Å². The third kappa shape index (κ3) is 6.79. The molecule has 8 heteroatoms. The van der Waals surface area contributed by atoms with E-state index in [0.717, 1.165) is 0 Å². The zero-order valence-electron chi connectivity index (χ0n) is 17.1. The van der Waals surface area contributed by atoms with Crippen molar-refractivity contribution in [3.63, 3.8) is 0 Å². The average Bonchev–Trinajstić information content (AvgIpc) is 2.68. The van der Waals surface area contributed by atoms with E-state index < -0.39 is 6.04 Å². The van der Waals surface area contributed by atoms with Gasteiger partial charge in [0.05, 0.1) is 5.02 Å². The van der Waals surface area contributed by atoms with Crippen LogP contribution in [0, 0.1) is 0 Å². The van der Waals surface area contributed by atoms with Crippen molar-refractivity contribution in [1.82, 2.24) is 10.2 Å². The summed E-state index contributed by atoms with van der Waals surface area (Å²) in [4.78, 5) is 27.4. The van der Waals surface area contributed by atoms with Gasteiger partial charge in [-0.15, -0.1) is 0 Å². The van der Waals surface area contributed by atoms with Gasteiger partial charge in [-0.05, 0) is 50.1 Å². The zero-order valence-corrected chi connectivity index (χ0v) is 19.4. The highest BCUT2D eigenvalue weighted by Gasteiger charge is 2.29. The summed E-state index contributed by atoms with van der Waals surface area (Å²) >= 11 is 18.4. The second-order valence-corrected chi connectivity index (χ2v) is 8.31. The van der Waals surface area contributed by atoms with Gasteiger partial charge in [0.1, 0.15) is 11.8 Å². The molecule has 1 N–H and O–H groups in total. The molecule has 0 fully saturated rings. The van der Waals surface area contributed by atoms with Crippen LogP contribution in [0.4, 0.5) is 0 Å². The molecule has 2 aromatic rings. The Bertz CT molecular complexity index is 890. The van der Waals surface area contributed by atoms with E-state index >= 15 is 0 Å². The van der Waals surface area contributed by atoms with E-state index in [0.29, 0.717) is 32.8 Å². The fourth-order valence-corrected chi connectivity index (χ4v) is 3.58. The van der Waals surface area contributed by atoms with Gasteiger partial charge in [0.2, 0.25) is 5.91 Å². The number of ether oxygens (including phenoxy) is 1. The molecule has 2 amide bonds. The van der Waals surface area contributed by atoms with Crippen molar-refractivity contribution in [2.45, 2.75) is 45.8 Å². The SMILES string of the molecule is CC[C@H](C(=O)NC(C)C)N(Cc1ccc(Cl)cc1Cl)C(=O)COc1ccccc1Cl. The van der Waals surface area contributed by atoms with Gasteiger partial charge >= 0.3 is 0 Å². The first-order valence-corrected chi connectivity index (χ1v) is 10.8. The molecule has 0 heterocycles. The minimum Gasteiger partial charge on any atom is -0.482 e. The van der Waals surface area contributed by atoms with Gasteiger partial charge in [0.25, 0.3) is 5.91 Å². The van der Waals surface area contributed by atoms with Gasteiger partial charge in [0.15, 0.2) is 6.61 Å². The Kier molecular flexibility index (Phi) is 9.28. The Balaban J connectivity index is 2.27. The molecule has 0 spiro atoms. The Morgan fingerprint density at radius 3 is 2.37 bits per heavy atom. The van der Waals surface area contributed by atoms with Gasteiger partial charge in [-0.3, -0.25) is 9.59 Å². The molecule has 0 radical (unpaired) electrons. The van der Waals surface area contributed by atoms with E-state index in [1.807, 2.05) is 20.8 Å². The quantitative estimate of drug-likeness (QED) is 0.536. The third-order valence-electron chi connectivity index (χ3n) is 4.36. The van der Waals surface area contributed by atoms with Gasteiger partial charge < -0.3 is 15.0 Å². The van der Waals surface area contributed by atoms with Gasteiger partial charge in [-0.25, -0.2) is 0 Å². The topological polar surface area (TPSA) is 58.6 Å². The fraction of sp³-hybridized carbons (Fsp3) is 0.364. The van der Waals surface area contributed by atoms with Crippen molar-refractivity contribution in [1.29, 1.82) is 0 Å². The van der Waals surface area contributed by atoms with Crippen LogP contribution in [0.15, 0.2) is 42.5 Å². The van der Waals surface area contributed by atoms with Crippen LogP contribution in [0.5, 0.6) is 5.75 Å². The van der Waals surface area contributed by atoms with Crippen LogP contribution in [0.25, 0.3) is 0 Å². The maximum atomic E-state index is 13.1. The van der Waals surface area contributed by atoms with E-state index in [4.69, 9.17) is 39.5 Å². The molecule has 0 aliphatic rings. The van der Waals surface area contributed by atoms with E-state index in [1.165, 1.54) is 4.90 Å². The van der Waals surface area contributed by atoms with Crippen molar-refractivity contribution >= 4 is 46.6 Å². The highest BCUT2D eigenvalue weighted by atomic mass is 35.5. The third-order valence-corrected chi connectivity index (χ3v) is 5.26. The van der Waals surface area contributed by atoms with Crippen LogP contribution in [-0.4, -0.2) is 35.4 Å². The molecule has 0 bridgehead atoms. The molecule has 5 nitrogen and oxygen atoms in total. The molecule has 30 heavy (non-hydrogen) atoms. The van der Waals surface area contributed by atoms with Crippen molar-refractivity contribution in [3.8, 4) is 5.75 Å². The lowest BCUT2D eigenvalue weighted by molar-refractivity contribution is -0.143. The Morgan fingerprint density at radius 1 is 1.07 bits per heavy atom. The molecular weight excluding hydrogens is 447 g/mol. The molecule has 0 aliphatic heterocycles. The summed E-state index contributed by atoms with van der Waals surface area (Å²) < 4.78 is 5.61. The molecular formula is C22H25Cl3N2O3. The number of rotatable bonds is 9. The van der Waals surface area contributed by atoms with Crippen molar-refractivity contribution in [2.24, 2.45) is 0 Å². The number of benzene rings is 2. The van der Waals surface area contributed by atoms with Gasteiger partial charge in [0, 0.05) is 22.6 Å². The first kappa shape index (κ1) is 24.3. The number of hydrogen-bond acceptors (Lipinski definition) is 3. The summed E-state index contributed by atoms with van der Waals surface area (Å²) in [5.41, 5.74) is 0.683. The average molecular weight is 472 g/mol. The second-order valence-electron chi connectivity index (χ2n) is 7.06. The number of para-hydroxylation sites is 1. The van der Waals surface area contributed by atoms with Gasteiger partial charge in [-0.2, -0.15) is 0 Å². The minimum absolute atomic E-state index is 0.0537. The summed E-state index contributed by atoms with van der Waals surface area (Å²) in [5.74, 6) is -0.188. The fourth-order valence-electron chi connectivity index (χ4n) is 2.92. The Labute approximate surface area is 192 Å². The lowest BCUT2D eigenvalue weighted by Gasteiger charge is -2.31. The molecule has 0 unspecified atom stereocenters. The van der Waals surface area contributed by atoms with Crippen molar-refractivity contribution in [3.05, 3.63) is 63.1 Å². The van der Waals surface area contributed by atoms with E-state index in [-0.39, 0.29) is 31.0 Å². The largest absolute Gasteiger partial charge is 0.482 e. The van der Waals surface area contributed by atoms with Crippen LogP contribution in [-0.2, 0) is 16.1 Å². The summed E-state index contributed by atoms with van der Waals surface area (Å²) in [6.07, 6.45) is 0.432. The van der Waals surface area contributed by atoms with Crippen LogP contribution in [0.1, 0.15) is 32.8 Å². The standard InChI is InChI=1S/C22H25Cl3N2O3/c1-4-19(22(29)26-14(2)3)27(12-15-9-10-16(23)11-18(15)25)21(28)13-30-20-8-6-5-7-17(20)24/h5-11,14,19H,4,12-13H2,1-3H3,(H,26,29)/t19-/m1/s1. The molecule has 2 rings (SSSR count). The number of carbonyl (C=O) groups excluding carboxylic acids is 2. The molecule has 1 atom stereocenters. The molecule has 2 aromatic carbocycles. The molecule has 162 valence electrons. The maximum Gasteiger partial charge on any atom is 0.261 e. The molecule has 0 aliphatic carbocycles. The monoisotopic (exact) mass is 470 g/mol. The normalized spacial score (nSPS) is 11.8. The van der Waals surface area contributed by atoms with Crippen molar-refractivity contribution < 1.29 is 14.3 Å². The zero-order chi connectivity index (χ0) is 22.3. The summed E-state index contributed by atoms with van der Waals surface area (Å²) in [6.45, 7) is 5.47. The highest BCUT2D eigenvalue weighted by Crippen LogP contribution is 2.25. The number of nitrogens with zero attached hydrogens (tertiary/aromatic N) is 1. The van der Waals surface area contributed by atoms with Crippen LogP contribution < -0.4 is 10.1 Å². The van der Waals surface area contributed by atoms with E-state index in [1.54, 1.807) is 42.5 Å². The summed E-state index contributed by atoms with van der Waals surface area (Å²) in [6, 6.07) is 11.2. The van der Waals surface area contributed by atoms with Crippen molar-refractivity contribution in [2.75, 3.05) is 6.61 Å². The summed E-state index contributed by atoms with van der Waals surface area (Å²) in [7, 11) is 0. The Morgan fingerprint density at radius 2 is 1.77 bits per heavy atom. The number of halogens is 3. The second kappa shape index (κ2) is 11.4. The number of carbonyl (C=O) groups is 2. The number of amides is 2. The lowest BCUT2D eigenvalue weighted by atomic mass is 10.1. The molecule has 0 saturated heterocycles. The predicted octanol–water partition coefficient (Wildman–Crippen LogP) is 5.36.